The Balaban J connectivity index is 1.65. The normalized spacial score (nSPS) is 13.9. The Bertz CT molecular complexity index is 819. The summed E-state index contributed by atoms with van der Waals surface area (Å²) in [4.78, 5) is 4.38. The molecule has 0 bridgehead atoms. The van der Waals surface area contributed by atoms with Crippen molar-refractivity contribution in [2.45, 2.75) is 6.54 Å². The van der Waals surface area contributed by atoms with Gasteiger partial charge in [0.25, 0.3) is 0 Å². The predicted octanol–water partition coefficient (Wildman–Crippen LogP) is 2.46. The van der Waals surface area contributed by atoms with Crippen molar-refractivity contribution in [1.29, 1.82) is 0 Å². The highest BCUT2D eigenvalue weighted by molar-refractivity contribution is 6.02. The van der Waals surface area contributed by atoms with E-state index in [2.05, 4.69) is 57.3 Å². The van der Waals surface area contributed by atoms with E-state index in [1.807, 2.05) is 22.9 Å². The Morgan fingerprint density at radius 2 is 2.00 bits per heavy atom. The Morgan fingerprint density at radius 3 is 2.82 bits per heavy atom. The molecular weight excluding hydrogens is 274 g/mol. The van der Waals surface area contributed by atoms with E-state index in [9.17, 15) is 0 Å². The van der Waals surface area contributed by atoms with E-state index in [0.717, 1.165) is 42.2 Å². The first-order valence-electron chi connectivity index (χ1n) is 7.44. The second-order valence-corrected chi connectivity index (χ2v) is 5.33. The molecule has 22 heavy (non-hydrogen) atoms. The molecule has 0 amide bonds. The zero-order chi connectivity index (χ0) is 14.8. The molecule has 0 aliphatic carbocycles. The minimum absolute atomic E-state index is 0.772. The van der Waals surface area contributed by atoms with Crippen LogP contribution in [-0.2, 0) is 6.54 Å². The molecule has 0 saturated heterocycles. The van der Waals surface area contributed by atoms with E-state index in [1.54, 1.807) is 0 Å². The molecule has 1 aromatic heterocycles. The lowest BCUT2D eigenvalue weighted by atomic mass is 10.2. The third-order valence-corrected chi connectivity index (χ3v) is 3.71. The topological polar surface area (TPSA) is 54.2 Å². The summed E-state index contributed by atoms with van der Waals surface area (Å²) in [7, 11) is 0. The number of aliphatic imine (C=N–C) groups is 1. The van der Waals surface area contributed by atoms with Gasteiger partial charge in [-0.05, 0) is 17.7 Å². The van der Waals surface area contributed by atoms with E-state index in [0.29, 0.717) is 0 Å². The Hall–Kier alpha value is -2.82. The molecule has 0 saturated carbocycles. The van der Waals surface area contributed by atoms with Gasteiger partial charge in [-0.15, -0.1) is 0 Å². The minimum Gasteiger partial charge on any atom is -0.354 e. The van der Waals surface area contributed by atoms with Crippen LogP contribution >= 0.6 is 0 Å². The van der Waals surface area contributed by atoms with Gasteiger partial charge in [0.2, 0.25) is 0 Å². The summed E-state index contributed by atoms with van der Waals surface area (Å²) in [5.74, 6) is 0.836. The second kappa shape index (κ2) is 5.52. The van der Waals surface area contributed by atoms with Crippen molar-refractivity contribution in [1.82, 2.24) is 15.1 Å². The number of anilines is 1. The molecule has 0 radical (unpaired) electrons. The Labute approximate surface area is 128 Å². The first-order valence-corrected chi connectivity index (χ1v) is 7.44. The van der Waals surface area contributed by atoms with Crippen LogP contribution in [0.4, 0.5) is 5.69 Å². The average Bonchev–Trinajstić information content (AvgIpc) is 3.18. The van der Waals surface area contributed by atoms with Crippen LogP contribution in [0.15, 0.2) is 59.7 Å². The van der Waals surface area contributed by atoms with Crippen LogP contribution in [0.1, 0.15) is 5.56 Å². The fourth-order valence-electron chi connectivity index (χ4n) is 2.66. The quantitative estimate of drug-likeness (QED) is 0.779. The zero-order valence-electron chi connectivity index (χ0n) is 12.2. The van der Waals surface area contributed by atoms with Crippen molar-refractivity contribution < 1.29 is 0 Å². The molecule has 2 aromatic carbocycles. The van der Waals surface area contributed by atoms with Crippen molar-refractivity contribution in [2.75, 3.05) is 18.4 Å². The fraction of sp³-hybridized carbons (Fsp3) is 0.176. The largest absolute Gasteiger partial charge is 0.354 e. The summed E-state index contributed by atoms with van der Waals surface area (Å²) in [6.45, 7) is 2.49. The molecule has 1 aliphatic heterocycles. The molecule has 5 nitrogen and oxygen atoms in total. The molecule has 4 rings (SSSR count). The van der Waals surface area contributed by atoms with Gasteiger partial charge in [-0.3, -0.25) is 9.67 Å². The van der Waals surface area contributed by atoms with Gasteiger partial charge in [-0.2, -0.15) is 5.10 Å². The molecule has 0 spiro atoms. The molecule has 1 aliphatic rings. The zero-order valence-corrected chi connectivity index (χ0v) is 12.2. The van der Waals surface area contributed by atoms with Crippen molar-refractivity contribution in [3.8, 4) is 0 Å². The maximum absolute atomic E-state index is 4.66. The molecule has 5 heteroatoms. The molecule has 2 N–H and O–H groups in total. The van der Waals surface area contributed by atoms with Crippen LogP contribution in [0.2, 0.25) is 0 Å². The molecule has 0 unspecified atom stereocenters. The summed E-state index contributed by atoms with van der Waals surface area (Å²) >= 11 is 0. The van der Waals surface area contributed by atoms with E-state index >= 15 is 0 Å². The molecular formula is C17H17N5. The number of nitrogens with zero attached hydrogens (tertiary/aromatic N) is 3. The van der Waals surface area contributed by atoms with Gasteiger partial charge >= 0.3 is 0 Å². The number of nitrogens with one attached hydrogen (secondary N) is 2. The van der Waals surface area contributed by atoms with Crippen LogP contribution in [0.25, 0.3) is 10.9 Å². The Kier molecular flexibility index (Phi) is 3.23. The van der Waals surface area contributed by atoms with Gasteiger partial charge in [0.1, 0.15) is 0 Å². The van der Waals surface area contributed by atoms with E-state index in [1.165, 1.54) is 5.56 Å². The third kappa shape index (κ3) is 2.53. The number of benzene rings is 2. The van der Waals surface area contributed by atoms with E-state index < -0.39 is 0 Å². The molecule has 3 aromatic rings. The van der Waals surface area contributed by atoms with Crippen LogP contribution in [0.5, 0.6) is 0 Å². The van der Waals surface area contributed by atoms with E-state index in [4.69, 9.17) is 0 Å². The number of guanidine groups is 1. The number of fused-ring (bicyclic) bond motifs is 1. The summed E-state index contributed by atoms with van der Waals surface area (Å²) in [5, 5.41) is 12.3. The van der Waals surface area contributed by atoms with Crippen molar-refractivity contribution in [3.05, 3.63) is 60.3 Å². The Morgan fingerprint density at radius 1 is 1.09 bits per heavy atom. The van der Waals surface area contributed by atoms with Gasteiger partial charge in [-0.1, -0.05) is 36.4 Å². The lowest BCUT2D eigenvalue weighted by Gasteiger charge is -2.06. The fourth-order valence-corrected chi connectivity index (χ4v) is 2.66. The summed E-state index contributed by atoms with van der Waals surface area (Å²) in [5.41, 5.74) is 3.26. The highest BCUT2D eigenvalue weighted by Gasteiger charge is 2.10. The third-order valence-electron chi connectivity index (χ3n) is 3.71. The monoisotopic (exact) mass is 291 g/mol. The van der Waals surface area contributed by atoms with Crippen molar-refractivity contribution in [2.24, 2.45) is 4.99 Å². The summed E-state index contributed by atoms with van der Waals surface area (Å²) in [6, 6.07) is 16.5. The SMILES string of the molecule is c1ccc(Cn2cc3c(NC4=NCCN4)cccc3n2)cc1. The van der Waals surface area contributed by atoms with Crippen LogP contribution in [0.3, 0.4) is 0 Å². The van der Waals surface area contributed by atoms with E-state index in [-0.39, 0.29) is 0 Å². The van der Waals surface area contributed by atoms with Gasteiger partial charge < -0.3 is 10.6 Å². The molecule has 0 atom stereocenters. The van der Waals surface area contributed by atoms with Gasteiger partial charge in [-0.25, -0.2) is 0 Å². The number of aromatic nitrogens is 2. The number of hydrogen-bond acceptors (Lipinski definition) is 4. The highest BCUT2D eigenvalue weighted by atomic mass is 15.3. The van der Waals surface area contributed by atoms with Gasteiger partial charge in [0, 0.05) is 18.1 Å². The van der Waals surface area contributed by atoms with Crippen LogP contribution in [0, 0.1) is 0 Å². The van der Waals surface area contributed by atoms with Gasteiger partial charge in [0.05, 0.1) is 24.3 Å². The maximum atomic E-state index is 4.66. The van der Waals surface area contributed by atoms with Crippen molar-refractivity contribution >= 4 is 22.5 Å². The van der Waals surface area contributed by atoms with Gasteiger partial charge in [0.15, 0.2) is 5.96 Å². The summed E-state index contributed by atoms with van der Waals surface area (Å²) < 4.78 is 1.98. The predicted molar refractivity (Wildman–Crippen MR) is 89.2 cm³/mol. The van der Waals surface area contributed by atoms with Crippen LogP contribution < -0.4 is 10.6 Å². The summed E-state index contributed by atoms with van der Waals surface area (Å²) in [6.07, 6.45) is 2.08. The minimum atomic E-state index is 0.772. The molecule has 110 valence electrons. The second-order valence-electron chi connectivity index (χ2n) is 5.33. The van der Waals surface area contributed by atoms with Crippen LogP contribution in [-0.4, -0.2) is 28.8 Å². The first-order chi connectivity index (χ1) is 10.9. The molecule has 2 heterocycles. The molecule has 0 fully saturated rings. The van der Waals surface area contributed by atoms with Crippen molar-refractivity contribution in [3.63, 3.8) is 0 Å². The first kappa shape index (κ1) is 12.9. The highest BCUT2D eigenvalue weighted by Crippen LogP contribution is 2.22. The number of hydrogen-bond donors (Lipinski definition) is 2. The lowest BCUT2D eigenvalue weighted by Crippen LogP contribution is -2.26. The number of rotatable bonds is 3. The lowest BCUT2D eigenvalue weighted by molar-refractivity contribution is 0.696. The maximum Gasteiger partial charge on any atom is 0.195 e. The smallest absolute Gasteiger partial charge is 0.195 e. The average molecular weight is 291 g/mol. The standard InChI is InChI=1S/C17H17N5/c1-2-5-13(6-3-1)11-22-12-14-15(7-4-8-16(14)21-22)20-17-18-9-10-19-17/h1-8,12H,9-11H2,(H2,18,19,20).